The summed E-state index contributed by atoms with van der Waals surface area (Å²) in [5.41, 5.74) is -0.493. The van der Waals surface area contributed by atoms with Gasteiger partial charge in [0.15, 0.2) is 0 Å². The quantitative estimate of drug-likeness (QED) is 0.941. The van der Waals surface area contributed by atoms with Gasteiger partial charge in [0.2, 0.25) is 5.91 Å². The summed E-state index contributed by atoms with van der Waals surface area (Å²) in [7, 11) is 0. The van der Waals surface area contributed by atoms with Crippen molar-refractivity contribution in [2.45, 2.75) is 19.3 Å². The van der Waals surface area contributed by atoms with E-state index in [2.05, 4.69) is 5.32 Å². The Morgan fingerprint density at radius 1 is 1.09 bits per heavy atom. The van der Waals surface area contributed by atoms with E-state index >= 15 is 0 Å². The molecule has 0 aliphatic rings. The maximum Gasteiger partial charge on any atom is 0.416 e. The minimum Gasteiger partial charge on any atom is -0.350 e. The van der Waals surface area contributed by atoms with Gasteiger partial charge < -0.3 is 9.88 Å². The smallest absolute Gasteiger partial charge is 0.350 e. The van der Waals surface area contributed by atoms with Crippen LogP contribution in [0.15, 0.2) is 53.5 Å². The van der Waals surface area contributed by atoms with E-state index in [0.717, 1.165) is 12.1 Å². The Balaban J connectivity index is 1.91. The van der Waals surface area contributed by atoms with Gasteiger partial charge in [-0.1, -0.05) is 18.2 Å². The normalized spacial score (nSPS) is 11.2. The zero-order valence-electron chi connectivity index (χ0n) is 11.4. The number of benzene rings is 1. The fourth-order valence-corrected chi connectivity index (χ4v) is 1.81. The molecule has 22 heavy (non-hydrogen) atoms. The third kappa shape index (κ3) is 4.21. The van der Waals surface area contributed by atoms with Gasteiger partial charge in [0.25, 0.3) is 5.56 Å². The number of pyridine rings is 1. The third-order valence-corrected chi connectivity index (χ3v) is 2.98. The van der Waals surface area contributed by atoms with Crippen molar-refractivity contribution >= 4 is 5.91 Å². The van der Waals surface area contributed by atoms with Crippen LogP contribution in [-0.2, 0) is 24.1 Å². The number of amides is 1. The van der Waals surface area contributed by atoms with Crippen LogP contribution in [0.3, 0.4) is 0 Å². The Kier molecular flexibility index (Phi) is 4.65. The molecule has 1 heterocycles. The lowest BCUT2D eigenvalue weighted by Gasteiger charge is -2.09. The summed E-state index contributed by atoms with van der Waals surface area (Å²) >= 11 is 0. The highest BCUT2D eigenvalue weighted by Gasteiger charge is 2.29. The Labute approximate surface area is 124 Å². The number of alkyl halides is 3. The number of halogens is 3. The van der Waals surface area contributed by atoms with E-state index in [1.54, 1.807) is 12.1 Å². The number of hydrogen-bond donors (Lipinski definition) is 1. The standard InChI is InChI=1S/C15H13F3N2O2/c16-15(17,18)12-6-4-11(5-7-12)9-19-13(21)10-20-8-2-1-3-14(20)22/h1-8H,9-10H2,(H,19,21). The van der Waals surface area contributed by atoms with Gasteiger partial charge in [-0.25, -0.2) is 0 Å². The van der Waals surface area contributed by atoms with E-state index in [0.29, 0.717) is 5.56 Å². The highest BCUT2D eigenvalue weighted by molar-refractivity contribution is 5.75. The number of carbonyl (C=O) groups is 1. The van der Waals surface area contributed by atoms with E-state index in [1.807, 2.05) is 0 Å². The van der Waals surface area contributed by atoms with Crippen molar-refractivity contribution in [1.82, 2.24) is 9.88 Å². The van der Waals surface area contributed by atoms with Crippen LogP contribution in [0, 0.1) is 0 Å². The van der Waals surface area contributed by atoms with E-state index in [9.17, 15) is 22.8 Å². The van der Waals surface area contributed by atoms with Crippen LogP contribution in [0.5, 0.6) is 0 Å². The first-order valence-electron chi connectivity index (χ1n) is 6.44. The molecule has 0 radical (unpaired) electrons. The van der Waals surface area contributed by atoms with E-state index in [1.165, 1.54) is 29.0 Å². The van der Waals surface area contributed by atoms with Gasteiger partial charge in [0.05, 0.1) is 5.56 Å². The second-order valence-electron chi connectivity index (χ2n) is 4.64. The molecule has 1 amide bonds. The van der Waals surface area contributed by atoms with Crippen molar-refractivity contribution in [1.29, 1.82) is 0 Å². The second kappa shape index (κ2) is 6.46. The van der Waals surface area contributed by atoms with Gasteiger partial charge in [-0.3, -0.25) is 9.59 Å². The molecule has 2 aromatic rings. The van der Waals surface area contributed by atoms with Gasteiger partial charge in [-0.15, -0.1) is 0 Å². The number of nitrogens with one attached hydrogen (secondary N) is 1. The first-order chi connectivity index (χ1) is 10.4. The van der Waals surface area contributed by atoms with Crippen molar-refractivity contribution < 1.29 is 18.0 Å². The lowest BCUT2D eigenvalue weighted by atomic mass is 10.1. The van der Waals surface area contributed by atoms with Crippen molar-refractivity contribution in [3.05, 3.63) is 70.1 Å². The van der Waals surface area contributed by atoms with Crippen molar-refractivity contribution in [2.75, 3.05) is 0 Å². The monoisotopic (exact) mass is 310 g/mol. The largest absolute Gasteiger partial charge is 0.416 e. The van der Waals surface area contributed by atoms with Crippen LogP contribution in [0.25, 0.3) is 0 Å². The van der Waals surface area contributed by atoms with Crippen LogP contribution in [0.1, 0.15) is 11.1 Å². The molecule has 0 saturated heterocycles. The third-order valence-electron chi connectivity index (χ3n) is 2.98. The molecule has 0 aliphatic carbocycles. The minimum absolute atomic E-state index is 0.0958. The molecule has 0 fully saturated rings. The zero-order valence-corrected chi connectivity index (χ0v) is 11.4. The fraction of sp³-hybridized carbons (Fsp3) is 0.200. The molecule has 0 atom stereocenters. The number of aromatic nitrogens is 1. The van der Waals surface area contributed by atoms with Crippen LogP contribution in [0.4, 0.5) is 13.2 Å². The lowest BCUT2D eigenvalue weighted by Crippen LogP contribution is -2.31. The molecule has 1 aromatic carbocycles. The zero-order chi connectivity index (χ0) is 16.2. The molecule has 2 rings (SSSR count). The molecule has 1 aromatic heterocycles. The Morgan fingerprint density at radius 2 is 1.77 bits per heavy atom. The average molecular weight is 310 g/mol. The average Bonchev–Trinajstić information content (AvgIpc) is 2.47. The molecular formula is C15H13F3N2O2. The van der Waals surface area contributed by atoms with Crippen molar-refractivity contribution in [2.24, 2.45) is 0 Å². The topological polar surface area (TPSA) is 51.1 Å². The summed E-state index contributed by atoms with van der Waals surface area (Å²) in [6, 6.07) is 9.06. The number of carbonyl (C=O) groups excluding carboxylic acids is 1. The van der Waals surface area contributed by atoms with Crippen LogP contribution in [0.2, 0.25) is 0 Å². The Bertz CT molecular complexity index is 706. The fourth-order valence-electron chi connectivity index (χ4n) is 1.81. The van der Waals surface area contributed by atoms with Crippen LogP contribution < -0.4 is 10.9 Å². The summed E-state index contributed by atoms with van der Waals surface area (Å²) in [6.07, 6.45) is -2.89. The predicted molar refractivity (Wildman–Crippen MR) is 74.0 cm³/mol. The van der Waals surface area contributed by atoms with E-state index in [4.69, 9.17) is 0 Å². The summed E-state index contributed by atoms with van der Waals surface area (Å²) < 4.78 is 38.5. The summed E-state index contributed by atoms with van der Waals surface area (Å²) in [5, 5.41) is 2.55. The SMILES string of the molecule is O=C(Cn1ccccc1=O)NCc1ccc(C(F)(F)F)cc1. The Morgan fingerprint density at radius 3 is 2.36 bits per heavy atom. The number of hydrogen-bond acceptors (Lipinski definition) is 2. The van der Waals surface area contributed by atoms with E-state index in [-0.39, 0.29) is 18.6 Å². The maximum atomic E-state index is 12.4. The molecule has 7 heteroatoms. The summed E-state index contributed by atoms with van der Waals surface area (Å²) in [5.74, 6) is -0.395. The summed E-state index contributed by atoms with van der Waals surface area (Å²) in [6.45, 7) is -0.0428. The van der Waals surface area contributed by atoms with Crippen molar-refractivity contribution in [3.63, 3.8) is 0 Å². The molecule has 1 N–H and O–H groups in total. The number of nitrogens with zero attached hydrogens (tertiary/aromatic N) is 1. The number of rotatable bonds is 4. The highest BCUT2D eigenvalue weighted by atomic mass is 19.4. The van der Waals surface area contributed by atoms with Gasteiger partial charge >= 0.3 is 6.18 Å². The van der Waals surface area contributed by atoms with Crippen molar-refractivity contribution in [3.8, 4) is 0 Å². The molecule has 0 spiro atoms. The maximum absolute atomic E-state index is 12.4. The minimum atomic E-state index is -4.38. The molecule has 116 valence electrons. The molecule has 0 bridgehead atoms. The van der Waals surface area contributed by atoms with Crippen LogP contribution >= 0.6 is 0 Å². The van der Waals surface area contributed by atoms with Gasteiger partial charge in [0, 0.05) is 18.8 Å². The molecule has 0 saturated carbocycles. The molecule has 0 aliphatic heterocycles. The lowest BCUT2D eigenvalue weighted by molar-refractivity contribution is -0.137. The van der Waals surface area contributed by atoms with E-state index < -0.39 is 17.6 Å². The Hall–Kier alpha value is -2.57. The predicted octanol–water partition coefficient (Wildman–Crippen LogP) is 2.18. The van der Waals surface area contributed by atoms with Gasteiger partial charge in [-0.05, 0) is 23.8 Å². The summed E-state index contributed by atoms with van der Waals surface area (Å²) in [4.78, 5) is 23.2. The molecule has 4 nitrogen and oxygen atoms in total. The van der Waals surface area contributed by atoms with Crippen LogP contribution in [-0.4, -0.2) is 10.5 Å². The first kappa shape index (κ1) is 15.8. The molecule has 0 unspecified atom stereocenters. The second-order valence-corrected chi connectivity index (χ2v) is 4.64. The van der Waals surface area contributed by atoms with Gasteiger partial charge in [0.1, 0.15) is 6.54 Å². The first-order valence-corrected chi connectivity index (χ1v) is 6.44. The highest BCUT2D eigenvalue weighted by Crippen LogP contribution is 2.28. The van der Waals surface area contributed by atoms with Gasteiger partial charge in [-0.2, -0.15) is 13.2 Å². The molecular weight excluding hydrogens is 297 g/mol.